The number of fused-ring (bicyclic) bond motifs is 1. The van der Waals surface area contributed by atoms with Crippen molar-refractivity contribution < 1.29 is 9.84 Å². The highest BCUT2D eigenvalue weighted by Crippen LogP contribution is 2.19. The average Bonchev–Trinajstić information content (AvgIpc) is 2.88. The van der Waals surface area contributed by atoms with Crippen molar-refractivity contribution in [3.05, 3.63) is 27.6 Å². The van der Waals surface area contributed by atoms with Crippen molar-refractivity contribution in [1.29, 1.82) is 0 Å². The third-order valence-corrected chi connectivity index (χ3v) is 4.44. The molecule has 6 nitrogen and oxygen atoms in total. The second-order valence-corrected chi connectivity index (χ2v) is 6.00. The Morgan fingerprint density at radius 3 is 3.10 bits per heavy atom. The molecule has 108 valence electrons. The fraction of sp³-hybridized carbons (Fsp3) is 0.538. The SMILES string of the molecule is O=c1[nH]c(CNCC2(O)CCOCC2)nc2ccsc12. The molecule has 2 aromatic heterocycles. The first-order valence-corrected chi connectivity index (χ1v) is 7.52. The van der Waals surface area contributed by atoms with Crippen LogP contribution in [0.4, 0.5) is 0 Å². The molecule has 0 radical (unpaired) electrons. The molecule has 0 aliphatic carbocycles. The van der Waals surface area contributed by atoms with Crippen LogP contribution in [-0.4, -0.2) is 40.4 Å². The number of thiophene rings is 1. The number of hydrogen-bond acceptors (Lipinski definition) is 6. The average molecular weight is 295 g/mol. The first-order chi connectivity index (χ1) is 9.66. The summed E-state index contributed by atoms with van der Waals surface area (Å²) >= 11 is 1.39. The number of aromatic nitrogens is 2. The van der Waals surface area contributed by atoms with E-state index in [4.69, 9.17) is 4.74 Å². The first kappa shape index (κ1) is 13.7. The predicted octanol–water partition coefficient (Wildman–Crippen LogP) is 0.616. The highest BCUT2D eigenvalue weighted by atomic mass is 32.1. The van der Waals surface area contributed by atoms with Crippen molar-refractivity contribution in [3.63, 3.8) is 0 Å². The summed E-state index contributed by atoms with van der Waals surface area (Å²) in [6.07, 6.45) is 1.26. The largest absolute Gasteiger partial charge is 0.388 e. The number of aliphatic hydroxyl groups is 1. The molecule has 0 aromatic carbocycles. The molecule has 0 amide bonds. The maximum atomic E-state index is 11.8. The van der Waals surface area contributed by atoms with Crippen LogP contribution in [-0.2, 0) is 11.3 Å². The molecule has 1 aliphatic heterocycles. The van der Waals surface area contributed by atoms with Gasteiger partial charge in [-0.3, -0.25) is 4.79 Å². The second kappa shape index (κ2) is 5.61. The summed E-state index contributed by atoms with van der Waals surface area (Å²) in [6, 6.07) is 1.84. The maximum absolute atomic E-state index is 11.8. The molecule has 0 bridgehead atoms. The molecule has 0 spiro atoms. The van der Waals surface area contributed by atoms with Gasteiger partial charge in [0.2, 0.25) is 0 Å². The van der Waals surface area contributed by atoms with E-state index in [1.165, 1.54) is 11.3 Å². The van der Waals surface area contributed by atoms with E-state index in [9.17, 15) is 9.90 Å². The number of H-pyrrole nitrogens is 1. The van der Waals surface area contributed by atoms with Gasteiger partial charge in [0.15, 0.2) is 0 Å². The molecule has 0 saturated carbocycles. The molecule has 1 fully saturated rings. The number of ether oxygens (including phenoxy) is 1. The van der Waals surface area contributed by atoms with Crippen LogP contribution in [0.1, 0.15) is 18.7 Å². The molecule has 3 rings (SSSR count). The van der Waals surface area contributed by atoms with Crippen molar-refractivity contribution in [3.8, 4) is 0 Å². The van der Waals surface area contributed by atoms with Gasteiger partial charge in [0.05, 0.1) is 17.7 Å². The van der Waals surface area contributed by atoms with Gasteiger partial charge in [-0.25, -0.2) is 4.98 Å². The number of rotatable bonds is 4. The standard InChI is InChI=1S/C13H17N3O3S/c17-12-11-9(1-6-20-11)15-10(16-12)7-14-8-13(18)2-4-19-5-3-13/h1,6,14,18H,2-5,7-8H2,(H,15,16,17). The Balaban J connectivity index is 1.63. The minimum atomic E-state index is -0.717. The number of hydrogen-bond donors (Lipinski definition) is 3. The Labute approximate surface area is 119 Å². The molecule has 0 atom stereocenters. The van der Waals surface area contributed by atoms with Gasteiger partial charge < -0.3 is 20.1 Å². The summed E-state index contributed by atoms with van der Waals surface area (Å²) < 4.78 is 5.89. The molecule has 1 aliphatic rings. The van der Waals surface area contributed by atoms with Crippen molar-refractivity contribution in [1.82, 2.24) is 15.3 Å². The zero-order valence-corrected chi connectivity index (χ0v) is 11.8. The van der Waals surface area contributed by atoms with Crippen LogP contribution in [0.25, 0.3) is 10.2 Å². The van der Waals surface area contributed by atoms with Gasteiger partial charge in [-0.15, -0.1) is 11.3 Å². The molecular weight excluding hydrogens is 278 g/mol. The van der Waals surface area contributed by atoms with Gasteiger partial charge in [-0.1, -0.05) is 0 Å². The van der Waals surface area contributed by atoms with Crippen LogP contribution in [0.5, 0.6) is 0 Å². The summed E-state index contributed by atoms with van der Waals surface area (Å²) in [7, 11) is 0. The minimum absolute atomic E-state index is 0.105. The zero-order chi connectivity index (χ0) is 14.0. The third-order valence-electron chi connectivity index (χ3n) is 3.53. The molecule has 7 heteroatoms. The van der Waals surface area contributed by atoms with Crippen LogP contribution < -0.4 is 10.9 Å². The van der Waals surface area contributed by atoms with Crippen molar-refractivity contribution in [2.75, 3.05) is 19.8 Å². The van der Waals surface area contributed by atoms with Crippen LogP contribution in [0.2, 0.25) is 0 Å². The van der Waals surface area contributed by atoms with Crippen LogP contribution >= 0.6 is 11.3 Å². The highest BCUT2D eigenvalue weighted by Gasteiger charge is 2.29. The molecule has 20 heavy (non-hydrogen) atoms. The van der Waals surface area contributed by atoms with E-state index in [0.717, 1.165) is 5.52 Å². The molecule has 2 aromatic rings. The number of nitrogens with one attached hydrogen (secondary N) is 2. The van der Waals surface area contributed by atoms with E-state index < -0.39 is 5.60 Å². The van der Waals surface area contributed by atoms with Crippen molar-refractivity contribution in [2.24, 2.45) is 0 Å². The summed E-state index contributed by atoms with van der Waals surface area (Å²) in [5.74, 6) is 0.594. The monoisotopic (exact) mass is 295 g/mol. The van der Waals surface area contributed by atoms with E-state index in [-0.39, 0.29) is 5.56 Å². The second-order valence-electron chi connectivity index (χ2n) is 5.09. The summed E-state index contributed by atoms with van der Waals surface area (Å²) in [6.45, 7) is 2.09. The zero-order valence-electron chi connectivity index (χ0n) is 11.0. The lowest BCUT2D eigenvalue weighted by atomic mass is 9.94. The quantitative estimate of drug-likeness (QED) is 0.769. The number of nitrogens with zero attached hydrogens (tertiary/aromatic N) is 1. The molecule has 3 heterocycles. The van der Waals surface area contributed by atoms with E-state index in [1.807, 2.05) is 11.4 Å². The van der Waals surface area contributed by atoms with E-state index in [1.54, 1.807) is 0 Å². The minimum Gasteiger partial charge on any atom is -0.388 e. The first-order valence-electron chi connectivity index (χ1n) is 6.64. The van der Waals surface area contributed by atoms with Gasteiger partial charge in [-0.05, 0) is 11.4 Å². The van der Waals surface area contributed by atoms with E-state index in [2.05, 4.69) is 15.3 Å². The van der Waals surface area contributed by atoms with Crippen molar-refractivity contribution in [2.45, 2.75) is 25.0 Å². The molecule has 1 saturated heterocycles. The Kier molecular flexibility index (Phi) is 3.84. The van der Waals surface area contributed by atoms with Crippen molar-refractivity contribution >= 4 is 21.6 Å². The van der Waals surface area contributed by atoms with Gasteiger partial charge in [-0.2, -0.15) is 0 Å². The van der Waals surface area contributed by atoms with Crippen LogP contribution in [0.3, 0.4) is 0 Å². The van der Waals surface area contributed by atoms with Gasteiger partial charge in [0.1, 0.15) is 10.5 Å². The smallest absolute Gasteiger partial charge is 0.268 e. The maximum Gasteiger partial charge on any atom is 0.268 e. The lowest BCUT2D eigenvalue weighted by Gasteiger charge is -2.32. The van der Waals surface area contributed by atoms with Crippen LogP contribution in [0, 0.1) is 0 Å². The van der Waals surface area contributed by atoms with Gasteiger partial charge in [0.25, 0.3) is 5.56 Å². The summed E-state index contributed by atoms with van der Waals surface area (Å²) in [5.41, 5.74) is -0.0997. The third kappa shape index (κ3) is 2.90. The summed E-state index contributed by atoms with van der Waals surface area (Å²) in [5, 5.41) is 15.3. The predicted molar refractivity (Wildman–Crippen MR) is 77.0 cm³/mol. The molecule has 0 unspecified atom stereocenters. The fourth-order valence-electron chi connectivity index (χ4n) is 2.35. The van der Waals surface area contributed by atoms with E-state index >= 15 is 0 Å². The molecular formula is C13H17N3O3S. The Bertz CT molecular complexity index is 646. The van der Waals surface area contributed by atoms with E-state index in [0.29, 0.717) is 49.7 Å². The van der Waals surface area contributed by atoms with Crippen LogP contribution in [0.15, 0.2) is 16.2 Å². The molecule has 3 N–H and O–H groups in total. The normalized spacial score (nSPS) is 18.4. The fourth-order valence-corrected chi connectivity index (χ4v) is 3.07. The lowest BCUT2D eigenvalue weighted by Crippen LogP contribution is -2.45. The Hall–Kier alpha value is -1.28. The highest BCUT2D eigenvalue weighted by molar-refractivity contribution is 7.17. The van der Waals surface area contributed by atoms with Gasteiger partial charge >= 0.3 is 0 Å². The number of aromatic amines is 1. The van der Waals surface area contributed by atoms with Gasteiger partial charge in [0, 0.05) is 32.6 Å². The Morgan fingerprint density at radius 2 is 2.30 bits per heavy atom. The Morgan fingerprint density at radius 1 is 1.50 bits per heavy atom. The summed E-state index contributed by atoms with van der Waals surface area (Å²) in [4.78, 5) is 19.0. The topological polar surface area (TPSA) is 87.2 Å². The lowest BCUT2D eigenvalue weighted by molar-refractivity contribution is -0.0617.